The zero-order chi connectivity index (χ0) is 18.5. The number of benzene rings is 1. The molecule has 0 spiro atoms. The molecule has 0 bridgehead atoms. The van der Waals surface area contributed by atoms with E-state index in [1.54, 1.807) is 18.3 Å². The first-order valence-corrected chi connectivity index (χ1v) is 8.46. The Balaban J connectivity index is 1.68. The van der Waals surface area contributed by atoms with E-state index in [-0.39, 0.29) is 5.91 Å². The van der Waals surface area contributed by atoms with Crippen LogP contribution in [0, 0.1) is 0 Å². The third-order valence-corrected chi connectivity index (χ3v) is 3.87. The van der Waals surface area contributed by atoms with Crippen molar-refractivity contribution < 1.29 is 4.79 Å². The summed E-state index contributed by atoms with van der Waals surface area (Å²) in [6, 6.07) is 9.55. The van der Waals surface area contributed by atoms with Crippen LogP contribution in [0.15, 0.2) is 49.1 Å². The minimum atomic E-state index is -0.135. The standard InChI is InChI=1S/C19H22N6O/c1-13(2)24-17-10-16(22-12-23-17)14-4-6-15(7-5-14)19(26)21-11-18-20-8-9-25(18)3/h4-10,12-13H,11H2,1-3H3,(H,21,26)(H,22,23,24). The van der Waals surface area contributed by atoms with Crippen molar-refractivity contribution in [2.75, 3.05) is 5.32 Å². The second kappa shape index (κ2) is 7.77. The summed E-state index contributed by atoms with van der Waals surface area (Å²) >= 11 is 0. The van der Waals surface area contributed by atoms with E-state index in [1.807, 2.05) is 36.0 Å². The van der Waals surface area contributed by atoms with Gasteiger partial charge in [-0.15, -0.1) is 0 Å². The number of carbonyl (C=O) groups excluding carboxylic acids is 1. The Morgan fingerprint density at radius 2 is 1.92 bits per heavy atom. The normalized spacial score (nSPS) is 10.8. The van der Waals surface area contributed by atoms with Gasteiger partial charge in [-0.3, -0.25) is 4.79 Å². The van der Waals surface area contributed by atoms with Gasteiger partial charge in [0.25, 0.3) is 5.91 Å². The van der Waals surface area contributed by atoms with E-state index in [0.29, 0.717) is 18.2 Å². The SMILES string of the molecule is CC(C)Nc1cc(-c2ccc(C(=O)NCc3nccn3C)cc2)ncn1. The number of aromatic nitrogens is 4. The molecule has 2 heterocycles. The number of rotatable bonds is 6. The molecule has 0 fully saturated rings. The number of nitrogens with zero attached hydrogens (tertiary/aromatic N) is 4. The van der Waals surface area contributed by atoms with Crippen molar-refractivity contribution in [3.05, 3.63) is 60.4 Å². The van der Waals surface area contributed by atoms with E-state index in [4.69, 9.17) is 0 Å². The molecule has 0 aliphatic rings. The maximum Gasteiger partial charge on any atom is 0.251 e. The molecule has 0 unspecified atom stereocenters. The third-order valence-electron chi connectivity index (χ3n) is 3.87. The Morgan fingerprint density at radius 1 is 1.15 bits per heavy atom. The van der Waals surface area contributed by atoms with Gasteiger partial charge in [0.15, 0.2) is 0 Å². The van der Waals surface area contributed by atoms with E-state index < -0.39 is 0 Å². The number of hydrogen-bond acceptors (Lipinski definition) is 5. The molecule has 3 aromatic rings. The molecule has 26 heavy (non-hydrogen) atoms. The van der Waals surface area contributed by atoms with Crippen LogP contribution in [0.5, 0.6) is 0 Å². The van der Waals surface area contributed by atoms with Gasteiger partial charge in [0.2, 0.25) is 0 Å². The van der Waals surface area contributed by atoms with Gasteiger partial charge in [0.05, 0.1) is 12.2 Å². The summed E-state index contributed by atoms with van der Waals surface area (Å²) in [5.74, 6) is 1.45. The van der Waals surface area contributed by atoms with Crippen LogP contribution < -0.4 is 10.6 Å². The van der Waals surface area contributed by atoms with E-state index >= 15 is 0 Å². The zero-order valence-corrected chi connectivity index (χ0v) is 15.1. The molecular weight excluding hydrogens is 328 g/mol. The van der Waals surface area contributed by atoms with Gasteiger partial charge in [0, 0.05) is 42.7 Å². The summed E-state index contributed by atoms with van der Waals surface area (Å²) in [6.07, 6.45) is 5.09. The molecule has 3 rings (SSSR count). The first-order chi connectivity index (χ1) is 12.5. The molecule has 134 valence electrons. The molecule has 0 saturated carbocycles. The molecule has 0 atom stereocenters. The van der Waals surface area contributed by atoms with Crippen molar-refractivity contribution in [1.29, 1.82) is 0 Å². The van der Waals surface area contributed by atoms with Crippen molar-refractivity contribution in [3.8, 4) is 11.3 Å². The lowest BCUT2D eigenvalue weighted by atomic mass is 10.1. The first kappa shape index (κ1) is 17.6. The number of imidazole rings is 1. The van der Waals surface area contributed by atoms with Gasteiger partial charge in [-0.05, 0) is 26.0 Å². The highest BCUT2D eigenvalue weighted by atomic mass is 16.1. The van der Waals surface area contributed by atoms with Crippen molar-refractivity contribution in [2.24, 2.45) is 7.05 Å². The Kier molecular flexibility index (Phi) is 5.26. The lowest BCUT2D eigenvalue weighted by Gasteiger charge is -2.10. The largest absolute Gasteiger partial charge is 0.368 e. The number of amides is 1. The summed E-state index contributed by atoms with van der Waals surface area (Å²) in [4.78, 5) is 25.0. The predicted octanol–water partition coefficient (Wildman–Crippen LogP) is 2.63. The predicted molar refractivity (Wildman–Crippen MR) is 101 cm³/mol. The van der Waals surface area contributed by atoms with Gasteiger partial charge in [-0.1, -0.05) is 12.1 Å². The van der Waals surface area contributed by atoms with Crippen LogP contribution in [0.25, 0.3) is 11.3 Å². The maximum absolute atomic E-state index is 12.3. The molecule has 0 aliphatic carbocycles. The third kappa shape index (κ3) is 4.24. The maximum atomic E-state index is 12.3. The fourth-order valence-corrected chi connectivity index (χ4v) is 2.51. The highest BCUT2D eigenvalue weighted by Crippen LogP contribution is 2.19. The molecule has 1 amide bonds. The van der Waals surface area contributed by atoms with Crippen molar-refractivity contribution in [1.82, 2.24) is 24.8 Å². The minimum absolute atomic E-state index is 0.135. The van der Waals surface area contributed by atoms with Crippen LogP contribution in [0.1, 0.15) is 30.0 Å². The topological polar surface area (TPSA) is 84.7 Å². The Labute approximate surface area is 152 Å². The van der Waals surface area contributed by atoms with Crippen LogP contribution in [0.3, 0.4) is 0 Å². The number of aryl methyl sites for hydroxylation is 1. The quantitative estimate of drug-likeness (QED) is 0.714. The minimum Gasteiger partial charge on any atom is -0.368 e. The monoisotopic (exact) mass is 350 g/mol. The van der Waals surface area contributed by atoms with Crippen LogP contribution in [-0.2, 0) is 13.6 Å². The number of nitrogens with one attached hydrogen (secondary N) is 2. The van der Waals surface area contributed by atoms with Gasteiger partial charge in [0.1, 0.15) is 18.0 Å². The van der Waals surface area contributed by atoms with Crippen molar-refractivity contribution >= 4 is 11.7 Å². The molecular formula is C19H22N6O. The lowest BCUT2D eigenvalue weighted by Crippen LogP contribution is -2.24. The first-order valence-electron chi connectivity index (χ1n) is 8.46. The van der Waals surface area contributed by atoms with Crippen LogP contribution in [-0.4, -0.2) is 31.5 Å². The Bertz CT molecular complexity index is 885. The van der Waals surface area contributed by atoms with Gasteiger partial charge >= 0.3 is 0 Å². The van der Waals surface area contributed by atoms with Gasteiger partial charge < -0.3 is 15.2 Å². The molecule has 2 N–H and O–H groups in total. The van der Waals surface area contributed by atoms with Gasteiger partial charge in [-0.2, -0.15) is 0 Å². The Morgan fingerprint density at radius 3 is 2.58 bits per heavy atom. The Hall–Kier alpha value is -3.22. The van der Waals surface area contributed by atoms with Crippen LogP contribution >= 0.6 is 0 Å². The van der Waals surface area contributed by atoms with Crippen LogP contribution in [0.2, 0.25) is 0 Å². The second-order valence-electron chi connectivity index (χ2n) is 6.30. The summed E-state index contributed by atoms with van der Waals surface area (Å²) < 4.78 is 1.88. The van der Waals surface area contributed by atoms with Crippen LogP contribution in [0.4, 0.5) is 5.82 Å². The fraction of sp³-hybridized carbons (Fsp3) is 0.263. The van der Waals surface area contributed by atoms with E-state index in [1.165, 1.54) is 6.33 Å². The molecule has 7 nitrogen and oxygen atoms in total. The highest BCUT2D eigenvalue weighted by molar-refractivity contribution is 5.94. The van der Waals surface area contributed by atoms with E-state index in [9.17, 15) is 4.79 Å². The smallest absolute Gasteiger partial charge is 0.251 e. The van der Waals surface area contributed by atoms with Gasteiger partial charge in [-0.25, -0.2) is 15.0 Å². The number of hydrogen-bond donors (Lipinski definition) is 2. The van der Waals surface area contributed by atoms with E-state index in [2.05, 4.69) is 39.4 Å². The summed E-state index contributed by atoms with van der Waals surface area (Å²) in [5.41, 5.74) is 2.33. The summed E-state index contributed by atoms with van der Waals surface area (Å²) in [5, 5.41) is 6.13. The molecule has 0 saturated heterocycles. The highest BCUT2D eigenvalue weighted by Gasteiger charge is 2.08. The average Bonchev–Trinajstić information content (AvgIpc) is 3.04. The van der Waals surface area contributed by atoms with E-state index in [0.717, 1.165) is 22.9 Å². The molecule has 1 aromatic carbocycles. The summed E-state index contributed by atoms with van der Waals surface area (Å²) in [6.45, 7) is 4.50. The average molecular weight is 350 g/mol. The zero-order valence-electron chi connectivity index (χ0n) is 15.1. The molecule has 2 aromatic heterocycles. The molecule has 0 radical (unpaired) electrons. The van der Waals surface area contributed by atoms with Crippen molar-refractivity contribution in [3.63, 3.8) is 0 Å². The van der Waals surface area contributed by atoms with Crippen molar-refractivity contribution in [2.45, 2.75) is 26.4 Å². The summed E-state index contributed by atoms with van der Waals surface area (Å²) in [7, 11) is 1.90. The second-order valence-corrected chi connectivity index (χ2v) is 6.30. The fourth-order valence-electron chi connectivity index (χ4n) is 2.51. The number of carbonyl (C=O) groups is 1. The molecule has 0 aliphatic heterocycles. The number of anilines is 1. The molecule has 7 heteroatoms. The lowest BCUT2D eigenvalue weighted by molar-refractivity contribution is 0.0949.